The van der Waals surface area contributed by atoms with Gasteiger partial charge in [-0.05, 0) is 24.1 Å². The van der Waals surface area contributed by atoms with Gasteiger partial charge in [-0.2, -0.15) is 0 Å². The summed E-state index contributed by atoms with van der Waals surface area (Å²) in [6.07, 6.45) is 1.60. The summed E-state index contributed by atoms with van der Waals surface area (Å²) in [6, 6.07) is 14.9. The quantitative estimate of drug-likeness (QED) is 0.581. The Labute approximate surface area is 168 Å². The zero-order chi connectivity index (χ0) is 20.7. The highest BCUT2D eigenvalue weighted by Gasteiger charge is 2.25. The molecule has 148 valence electrons. The normalized spacial score (nSPS) is 12.6. The minimum Gasteiger partial charge on any atom is -0.342 e. The summed E-state index contributed by atoms with van der Waals surface area (Å²) < 4.78 is 3.48. The van der Waals surface area contributed by atoms with E-state index in [9.17, 15) is 9.59 Å². The Morgan fingerprint density at radius 2 is 1.66 bits per heavy atom. The van der Waals surface area contributed by atoms with E-state index in [0.717, 1.165) is 16.9 Å². The van der Waals surface area contributed by atoms with E-state index in [-0.39, 0.29) is 23.4 Å². The molecule has 0 fully saturated rings. The topological polar surface area (TPSA) is 68.9 Å². The number of aromatic nitrogens is 3. The van der Waals surface area contributed by atoms with Crippen LogP contribution in [0.3, 0.4) is 0 Å². The highest BCUT2D eigenvalue weighted by molar-refractivity contribution is 6.06. The SMILES string of the molecule is CC(C)C(NC(=O)c1cn(C)c(=O)c2ccccc12)c1nc2ccccc2n1C. The molecule has 0 bridgehead atoms. The number of carbonyl (C=O) groups excluding carboxylic acids is 1. The first-order valence-corrected chi connectivity index (χ1v) is 9.69. The lowest BCUT2D eigenvalue weighted by Crippen LogP contribution is -2.34. The molecular formula is C23H24N4O2. The lowest BCUT2D eigenvalue weighted by Gasteiger charge is -2.22. The van der Waals surface area contributed by atoms with Gasteiger partial charge in [0.05, 0.1) is 22.6 Å². The number of aryl methyl sites for hydroxylation is 2. The summed E-state index contributed by atoms with van der Waals surface area (Å²) in [5.41, 5.74) is 2.28. The molecule has 0 spiro atoms. The maximum atomic E-state index is 13.3. The van der Waals surface area contributed by atoms with Crippen LogP contribution in [0.25, 0.3) is 21.8 Å². The molecule has 4 rings (SSSR count). The maximum Gasteiger partial charge on any atom is 0.258 e. The molecule has 1 amide bonds. The number of hydrogen-bond donors (Lipinski definition) is 1. The molecule has 0 saturated heterocycles. The van der Waals surface area contributed by atoms with E-state index >= 15 is 0 Å². The van der Waals surface area contributed by atoms with Crippen LogP contribution in [0, 0.1) is 5.92 Å². The van der Waals surface area contributed by atoms with Crippen molar-refractivity contribution in [3.63, 3.8) is 0 Å². The Morgan fingerprint density at radius 3 is 2.34 bits per heavy atom. The molecule has 1 unspecified atom stereocenters. The van der Waals surface area contributed by atoms with Gasteiger partial charge in [0.15, 0.2) is 0 Å². The molecule has 0 aliphatic carbocycles. The molecule has 0 aliphatic rings. The number of benzene rings is 2. The summed E-state index contributed by atoms with van der Waals surface area (Å²) in [6.45, 7) is 4.12. The largest absolute Gasteiger partial charge is 0.342 e. The number of carbonyl (C=O) groups is 1. The van der Waals surface area contributed by atoms with Gasteiger partial charge in [-0.15, -0.1) is 0 Å². The first kappa shape index (κ1) is 18.9. The van der Waals surface area contributed by atoms with E-state index in [4.69, 9.17) is 4.98 Å². The summed E-state index contributed by atoms with van der Waals surface area (Å²) in [5, 5.41) is 4.34. The third kappa shape index (κ3) is 3.20. The standard InChI is InChI=1S/C23H24N4O2/c1-14(2)20(21-24-18-11-7-8-12-19(18)27(21)4)25-22(28)17-13-26(3)23(29)16-10-6-5-9-15(16)17/h5-14,20H,1-4H3,(H,25,28). The average Bonchev–Trinajstić information content (AvgIpc) is 3.05. The third-order valence-corrected chi connectivity index (χ3v) is 5.39. The van der Waals surface area contributed by atoms with Crippen molar-refractivity contribution in [2.24, 2.45) is 20.0 Å². The van der Waals surface area contributed by atoms with Crippen LogP contribution in [0.4, 0.5) is 0 Å². The Bertz CT molecular complexity index is 1280. The number of imidazole rings is 1. The molecule has 0 radical (unpaired) electrons. The van der Waals surface area contributed by atoms with Crippen molar-refractivity contribution in [2.75, 3.05) is 0 Å². The van der Waals surface area contributed by atoms with Gasteiger partial charge >= 0.3 is 0 Å². The van der Waals surface area contributed by atoms with Gasteiger partial charge in [0, 0.05) is 31.1 Å². The van der Waals surface area contributed by atoms with E-state index in [0.29, 0.717) is 16.3 Å². The van der Waals surface area contributed by atoms with Crippen LogP contribution in [0.1, 0.15) is 36.1 Å². The number of hydrogen-bond acceptors (Lipinski definition) is 3. The van der Waals surface area contributed by atoms with Crippen LogP contribution in [-0.2, 0) is 14.1 Å². The van der Waals surface area contributed by atoms with Gasteiger partial charge in [0.1, 0.15) is 5.82 Å². The fourth-order valence-electron chi connectivity index (χ4n) is 3.79. The number of amides is 1. The lowest BCUT2D eigenvalue weighted by molar-refractivity contribution is 0.0923. The maximum absolute atomic E-state index is 13.3. The summed E-state index contributed by atoms with van der Waals surface area (Å²) in [7, 11) is 3.63. The van der Waals surface area contributed by atoms with Crippen molar-refractivity contribution >= 4 is 27.7 Å². The minimum atomic E-state index is -0.268. The number of nitrogens with zero attached hydrogens (tertiary/aromatic N) is 3. The number of fused-ring (bicyclic) bond motifs is 2. The minimum absolute atomic E-state index is 0.118. The molecule has 29 heavy (non-hydrogen) atoms. The van der Waals surface area contributed by atoms with Crippen molar-refractivity contribution in [2.45, 2.75) is 19.9 Å². The van der Waals surface area contributed by atoms with Crippen LogP contribution in [0.15, 0.2) is 59.5 Å². The van der Waals surface area contributed by atoms with Crippen LogP contribution >= 0.6 is 0 Å². The van der Waals surface area contributed by atoms with E-state index < -0.39 is 0 Å². The van der Waals surface area contributed by atoms with Crippen LogP contribution in [-0.4, -0.2) is 20.0 Å². The van der Waals surface area contributed by atoms with Gasteiger partial charge in [-0.25, -0.2) is 4.98 Å². The molecule has 4 aromatic rings. The molecular weight excluding hydrogens is 364 g/mol. The van der Waals surface area contributed by atoms with Crippen LogP contribution < -0.4 is 10.9 Å². The van der Waals surface area contributed by atoms with E-state index in [1.165, 1.54) is 4.57 Å². The summed E-state index contributed by atoms with van der Waals surface area (Å²) in [4.78, 5) is 30.5. The van der Waals surface area contributed by atoms with E-state index in [2.05, 4.69) is 19.2 Å². The number of para-hydroxylation sites is 2. The number of nitrogens with one attached hydrogen (secondary N) is 1. The van der Waals surface area contributed by atoms with E-state index in [1.807, 2.05) is 54.1 Å². The summed E-state index contributed by atoms with van der Waals surface area (Å²) >= 11 is 0. The predicted molar refractivity (Wildman–Crippen MR) is 115 cm³/mol. The van der Waals surface area contributed by atoms with E-state index in [1.54, 1.807) is 19.3 Å². The second kappa shape index (κ2) is 7.20. The molecule has 1 atom stereocenters. The Hall–Kier alpha value is -3.41. The van der Waals surface area contributed by atoms with Crippen molar-refractivity contribution in [3.05, 3.63) is 76.5 Å². The zero-order valence-corrected chi connectivity index (χ0v) is 17.0. The molecule has 6 nitrogen and oxygen atoms in total. The van der Waals surface area contributed by atoms with Crippen molar-refractivity contribution < 1.29 is 4.79 Å². The van der Waals surface area contributed by atoms with Crippen LogP contribution in [0.5, 0.6) is 0 Å². The molecule has 0 aliphatic heterocycles. The predicted octanol–water partition coefficient (Wildman–Crippen LogP) is 3.55. The second-order valence-corrected chi connectivity index (χ2v) is 7.72. The third-order valence-electron chi connectivity index (χ3n) is 5.39. The van der Waals surface area contributed by atoms with Gasteiger partial charge in [-0.3, -0.25) is 9.59 Å². The molecule has 1 N–H and O–H groups in total. The van der Waals surface area contributed by atoms with Crippen molar-refractivity contribution in [3.8, 4) is 0 Å². The summed E-state index contributed by atoms with van der Waals surface area (Å²) in [5.74, 6) is 0.722. The van der Waals surface area contributed by atoms with Crippen molar-refractivity contribution in [1.29, 1.82) is 0 Å². The molecule has 6 heteroatoms. The molecule has 2 aromatic carbocycles. The molecule has 2 aromatic heterocycles. The molecule has 2 heterocycles. The highest BCUT2D eigenvalue weighted by atomic mass is 16.2. The van der Waals surface area contributed by atoms with Gasteiger partial charge in [0.2, 0.25) is 0 Å². The smallest absolute Gasteiger partial charge is 0.258 e. The highest BCUT2D eigenvalue weighted by Crippen LogP contribution is 2.26. The zero-order valence-electron chi connectivity index (χ0n) is 17.0. The second-order valence-electron chi connectivity index (χ2n) is 7.72. The molecule has 0 saturated carbocycles. The number of rotatable bonds is 4. The van der Waals surface area contributed by atoms with Gasteiger partial charge in [-0.1, -0.05) is 44.2 Å². The van der Waals surface area contributed by atoms with Gasteiger partial charge in [0.25, 0.3) is 11.5 Å². The first-order chi connectivity index (χ1) is 13.9. The number of pyridine rings is 1. The fourth-order valence-corrected chi connectivity index (χ4v) is 3.79. The monoisotopic (exact) mass is 388 g/mol. The fraction of sp³-hybridized carbons (Fsp3) is 0.261. The van der Waals surface area contributed by atoms with Crippen LogP contribution in [0.2, 0.25) is 0 Å². The Morgan fingerprint density at radius 1 is 1.00 bits per heavy atom. The Kier molecular flexibility index (Phi) is 4.70. The first-order valence-electron chi connectivity index (χ1n) is 9.69. The van der Waals surface area contributed by atoms with Gasteiger partial charge < -0.3 is 14.5 Å². The Balaban J connectivity index is 1.78. The lowest BCUT2D eigenvalue weighted by atomic mass is 10.0. The van der Waals surface area contributed by atoms with Crippen molar-refractivity contribution in [1.82, 2.24) is 19.4 Å². The average molecular weight is 388 g/mol.